The lowest BCUT2D eigenvalue weighted by atomic mass is 9.87. The first-order chi connectivity index (χ1) is 15.4. The minimum absolute atomic E-state index is 0.0651. The largest absolute Gasteiger partial charge is 0.486 e. The molecule has 0 atom stereocenters. The summed E-state index contributed by atoms with van der Waals surface area (Å²) in [4.78, 5) is 26.4. The second-order valence-corrected chi connectivity index (χ2v) is 11.7. The van der Waals surface area contributed by atoms with E-state index in [9.17, 15) is 18.0 Å². The number of aromatic nitrogens is 1. The van der Waals surface area contributed by atoms with E-state index < -0.39 is 10.0 Å². The van der Waals surface area contributed by atoms with E-state index in [1.165, 1.54) is 11.0 Å². The number of sulfonamides is 1. The van der Waals surface area contributed by atoms with Crippen molar-refractivity contribution >= 4 is 15.9 Å². The van der Waals surface area contributed by atoms with Gasteiger partial charge in [0.05, 0.1) is 24.5 Å². The number of carbonyl (C=O) groups is 1. The summed E-state index contributed by atoms with van der Waals surface area (Å²) in [5, 5.41) is 0. The van der Waals surface area contributed by atoms with E-state index in [2.05, 4.69) is 25.5 Å². The fourth-order valence-electron chi connectivity index (χ4n) is 3.95. The Morgan fingerprint density at radius 2 is 1.76 bits per heavy atom. The predicted octanol–water partition coefficient (Wildman–Crippen LogP) is 2.36. The van der Waals surface area contributed by atoms with Gasteiger partial charge in [-0.1, -0.05) is 32.9 Å². The number of pyridine rings is 1. The molecule has 33 heavy (non-hydrogen) atoms. The average Bonchev–Trinajstić information content (AvgIpc) is 3.52. The van der Waals surface area contributed by atoms with Crippen LogP contribution in [0.4, 0.5) is 0 Å². The highest BCUT2D eigenvalue weighted by Crippen LogP contribution is 2.35. The number of hydrogen-bond acceptors (Lipinski definition) is 5. The summed E-state index contributed by atoms with van der Waals surface area (Å²) in [7, 11) is -3.78. The van der Waals surface area contributed by atoms with Gasteiger partial charge in [0.25, 0.3) is 5.56 Å². The highest BCUT2D eigenvalue weighted by Gasteiger charge is 2.33. The molecular formula is C24H31N3O5S. The molecule has 1 saturated heterocycles. The van der Waals surface area contributed by atoms with Gasteiger partial charge in [0.1, 0.15) is 11.9 Å². The smallest absolute Gasteiger partial charge is 0.254 e. The van der Waals surface area contributed by atoms with E-state index in [0.29, 0.717) is 24.9 Å². The normalized spacial score (nSPS) is 17.0. The van der Waals surface area contributed by atoms with Crippen LogP contribution in [0.15, 0.2) is 46.1 Å². The van der Waals surface area contributed by atoms with Crippen molar-refractivity contribution in [3.8, 4) is 5.75 Å². The second kappa shape index (κ2) is 8.61. The molecule has 2 aliphatic rings. The van der Waals surface area contributed by atoms with Gasteiger partial charge in [-0.05, 0) is 48.9 Å². The molecule has 1 aromatic carbocycles. The van der Waals surface area contributed by atoms with Gasteiger partial charge in [-0.3, -0.25) is 9.59 Å². The number of amides is 1. The van der Waals surface area contributed by atoms with Crippen LogP contribution in [-0.2, 0) is 20.2 Å². The third kappa shape index (κ3) is 5.30. The van der Waals surface area contributed by atoms with E-state index in [1.54, 1.807) is 28.8 Å². The second-order valence-electron chi connectivity index (χ2n) is 9.91. The Labute approximate surface area is 194 Å². The van der Waals surface area contributed by atoms with Gasteiger partial charge in [0.15, 0.2) is 0 Å². The Kier molecular flexibility index (Phi) is 6.13. The highest BCUT2D eigenvalue weighted by atomic mass is 32.2. The van der Waals surface area contributed by atoms with Crippen LogP contribution in [0.1, 0.15) is 50.9 Å². The maximum atomic E-state index is 12.5. The number of nitrogens with one attached hydrogen (secondary N) is 1. The van der Waals surface area contributed by atoms with Crippen molar-refractivity contribution in [2.24, 2.45) is 0 Å². The van der Waals surface area contributed by atoms with Crippen molar-refractivity contribution in [2.75, 3.05) is 19.6 Å². The molecular weight excluding hydrogens is 442 g/mol. The number of nitrogens with zero attached hydrogens (tertiary/aromatic N) is 2. The Hall–Kier alpha value is -2.65. The van der Waals surface area contributed by atoms with E-state index >= 15 is 0 Å². The minimum atomic E-state index is -3.78. The summed E-state index contributed by atoms with van der Waals surface area (Å²) >= 11 is 0. The third-order valence-electron chi connectivity index (χ3n) is 6.09. The van der Waals surface area contributed by atoms with Gasteiger partial charge in [-0.2, -0.15) is 0 Å². The molecule has 9 heteroatoms. The quantitative estimate of drug-likeness (QED) is 0.666. The maximum absolute atomic E-state index is 12.5. The van der Waals surface area contributed by atoms with Gasteiger partial charge in [0.2, 0.25) is 15.9 Å². The monoisotopic (exact) mass is 473 g/mol. The molecule has 2 aromatic rings. The lowest BCUT2D eigenvalue weighted by Crippen LogP contribution is -2.58. The standard InChI is InChI=1S/C24H31N3O5S/c1-16-11-19(12-22(28)27(16)18-7-8-18)32-20-14-26(15-20)23(29)13-25-33(30,31)21-9-5-17(6-10-21)24(2,3)4/h5-6,9-12,18,20,25H,7-8,13-15H2,1-4H3. The first-order valence-corrected chi connectivity index (χ1v) is 12.7. The Bertz CT molecular complexity index is 1200. The number of likely N-dealkylation sites (tertiary alicyclic amines) is 1. The Morgan fingerprint density at radius 3 is 2.30 bits per heavy atom. The molecule has 0 bridgehead atoms. The molecule has 0 unspecified atom stereocenters. The van der Waals surface area contributed by atoms with E-state index in [-0.39, 0.29) is 34.4 Å². The van der Waals surface area contributed by atoms with Crippen LogP contribution in [0.5, 0.6) is 5.75 Å². The first kappa shape index (κ1) is 23.5. The zero-order valence-electron chi connectivity index (χ0n) is 19.5. The molecule has 1 aliphatic heterocycles. The fourth-order valence-corrected chi connectivity index (χ4v) is 4.92. The SMILES string of the molecule is Cc1cc(OC2CN(C(=O)CNS(=O)(=O)c3ccc(C(C)(C)C)cc3)C2)cc(=O)n1C1CC1. The minimum Gasteiger partial charge on any atom is -0.486 e. The molecule has 8 nitrogen and oxygen atoms in total. The lowest BCUT2D eigenvalue weighted by Gasteiger charge is -2.39. The number of aryl methyl sites for hydroxylation is 1. The van der Waals surface area contributed by atoms with Gasteiger partial charge in [-0.15, -0.1) is 0 Å². The Balaban J connectivity index is 1.27. The number of benzene rings is 1. The topological polar surface area (TPSA) is 97.7 Å². The number of hydrogen-bond donors (Lipinski definition) is 1. The van der Waals surface area contributed by atoms with Crippen LogP contribution in [0.25, 0.3) is 0 Å². The zero-order valence-corrected chi connectivity index (χ0v) is 20.3. The van der Waals surface area contributed by atoms with Crippen molar-refractivity contribution in [3.05, 3.63) is 58.0 Å². The lowest BCUT2D eigenvalue weighted by molar-refractivity contribution is -0.138. The molecule has 4 rings (SSSR count). The fraction of sp³-hybridized carbons (Fsp3) is 0.500. The summed E-state index contributed by atoms with van der Waals surface area (Å²) < 4.78 is 35.1. The summed E-state index contributed by atoms with van der Waals surface area (Å²) in [6.45, 7) is 8.46. The molecule has 2 heterocycles. The number of carbonyl (C=O) groups excluding carboxylic acids is 1. The van der Waals surface area contributed by atoms with Crippen LogP contribution < -0.4 is 15.0 Å². The summed E-state index contributed by atoms with van der Waals surface area (Å²) in [6, 6.07) is 10.3. The van der Waals surface area contributed by atoms with Gasteiger partial charge < -0.3 is 14.2 Å². The van der Waals surface area contributed by atoms with Crippen molar-refractivity contribution in [1.82, 2.24) is 14.2 Å². The molecule has 1 aliphatic carbocycles. The summed E-state index contributed by atoms with van der Waals surface area (Å²) in [6.07, 6.45) is 1.85. The van der Waals surface area contributed by atoms with E-state index in [1.807, 2.05) is 13.0 Å². The molecule has 178 valence electrons. The number of rotatable bonds is 7. The first-order valence-electron chi connectivity index (χ1n) is 11.2. The van der Waals surface area contributed by atoms with Crippen LogP contribution in [0, 0.1) is 6.92 Å². The summed E-state index contributed by atoms with van der Waals surface area (Å²) in [5.41, 5.74) is 1.76. The van der Waals surface area contributed by atoms with Crippen molar-refractivity contribution in [1.29, 1.82) is 0 Å². The van der Waals surface area contributed by atoms with Gasteiger partial charge in [-0.25, -0.2) is 13.1 Å². The van der Waals surface area contributed by atoms with Crippen molar-refractivity contribution < 1.29 is 17.9 Å². The molecule has 1 saturated carbocycles. The molecule has 0 radical (unpaired) electrons. The Morgan fingerprint density at radius 1 is 1.12 bits per heavy atom. The van der Waals surface area contributed by atoms with E-state index in [4.69, 9.17) is 4.74 Å². The molecule has 1 N–H and O–H groups in total. The maximum Gasteiger partial charge on any atom is 0.254 e. The van der Waals surface area contributed by atoms with Gasteiger partial charge >= 0.3 is 0 Å². The van der Waals surface area contributed by atoms with Crippen molar-refractivity contribution in [3.63, 3.8) is 0 Å². The third-order valence-corrected chi connectivity index (χ3v) is 7.51. The van der Waals surface area contributed by atoms with Crippen LogP contribution in [0.2, 0.25) is 0 Å². The van der Waals surface area contributed by atoms with E-state index in [0.717, 1.165) is 24.1 Å². The van der Waals surface area contributed by atoms with Crippen LogP contribution >= 0.6 is 0 Å². The molecule has 2 fully saturated rings. The zero-order chi connectivity index (χ0) is 24.0. The van der Waals surface area contributed by atoms with Crippen LogP contribution in [-0.4, -0.2) is 49.5 Å². The average molecular weight is 474 g/mol. The van der Waals surface area contributed by atoms with Crippen molar-refractivity contribution in [2.45, 2.75) is 63.0 Å². The number of ether oxygens (including phenoxy) is 1. The highest BCUT2D eigenvalue weighted by molar-refractivity contribution is 7.89. The van der Waals surface area contributed by atoms with Gasteiger partial charge in [0, 0.05) is 17.8 Å². The predicted molar refractivity (Wildman–Crippen MR) is 125 cm³/mol. The molecule has 1 amide bonds. The summed E-state index contributed by atoms with van der Waals surface area (Å²) in [5.74, 6) is 0.191. The molecule has 0 spiro atoms. The van der Waals surface area contributed by atoms with Crippen LogP contribution in [0.3, 0.4) is 0 Å². The molecule has 1 aromatic heterocycles.